The highest BCUT2D eigenvalue weighted by Crippen LogP contribution is 2.35. The molecule has 4 nitrogen and oxygen atoms in total. The maximum atomic E-state index is 12.8. The molecule has 4 rings (SSSR count). The number of ether oxygens (including phenoxy) is 1. The third kappa shape index (κ3) is 3.03. The van der Waals surface area contributed by atoms with Gasteiger partial charge in [0.15, 0.2) is 5.78 Å². The van der Waals surface area contributed by atoms with Crippen LogP contribution in [-0.2, 0) is 17.9 Å². The van der Waals surface area contributed by atoms with Gasteiger partial charge in [0.05, 0.1) is 12.6 Å². The molecule has 2 aliphatic rings. The van der Waals surface area contributed by atoms with Crippen LogP contribution < -0.4 is 4.74 Å². The van der Waals surface area contributed by atoms with Crippen molar-refractivity contribution < 1.29 is 14.3 Å². The zero-order valence-electron chi connectivity index (χ0n) is 14.6. The number of carbonyl (C=O) groups excluding carboxylic acids is 2. The Bertz CT molecular complexity index is 872. The Balaban J connectivity index is 1.54. The average molecular weight is 347 g/mol. The van der Waals surface area contributed by atoms with Crippen molar-refractivity contribution in [1.82, 2.24) is 4.90 Å². The van der Waals surface area contributed by atoms with E-state index in [9.17, 15) is 9.59 Å². The molecule has 1 atom stereocenters. The van der Waals surface area contributed by atoms with E-state index >= 15 is 0 Å². The summed E-state index contributed by atoms with van der Waals surface area (Å²) in [6, 6.07) is 15.1. The van der Waals surface area contributed by atoms with Gasteiger partial charge in [-0.15, -0.1) is 0 Å². The van der Waals surface area contributed by atoms with Gasteiger partial charge in [0, 0.05) is 17.5 Å². The fraction of sp³-hybridized carbons (Fsp3) is 0.273. The largest absolute Gasteiger partial charge is 0.489 e. The van der Waals surface area contributed by atoms with Gasteiger partial charge in [-0.2, -0.15) is 0 Å². The molecule has 1 aliphatic carbocycles. The van der Waals surface area contributed by atoms with Crippen LogP contribution in [0.3, 0.4) is 0 Å². The molecule has 1 fully saturated rings. The highest BCUT2D eigenvalue weighted by Gasteiger charge is 2.38. The number of fused-ring (bicyclic) bond motifs is 1. The number of benzene rings is 2. The predicted molar refractivity (Wildman–Crippen MR) is 98.9 cm³/mol. The Morgan fingerprint density at radius 1 is 1.08 bits per heavy atom. The Morgan fingerprint density at radius 2 is 1.88 bits per heavy atom. The topological polar surface area (TPSA) is 46.6 Å². The molecule has 26 heavy (non-hydrogen) atoms. The van der Waals surface area contributed by atoms with E-state index in [2.05, 4.69) is 6.58 Å². The molecule has 0 spiro atoms. The third-order valence-corrected chi connectivity index (χ3v) is 5.13. The minimum absolute atomic E-state index is 0.0731. The molecule has 0 bridgehead atoms. The fourth-order valence-electron chi connectivity index (χ4n) is 3.73. The van der Waals surface area contributed by atoms with E-state index in [0.29, 0.717) is 31.6 Å². The highest BCUT2D eigenvalue weighted by molar-refractivity contribution is 6.02. The zero-order chi connectivity index (χ0) is 18.1. The molecule has 0 N–H and O–H groups in total. The molecule has 2 aromatic carbocycles. The van der Waals surface area contributed by atoms with Gasteiger partial charge in [-0.1, -0.05) is 48.6 Å². The molecule has 0 radical (unpaired) electrons. The summed E-state index contributed by atoms with van der Waals surface area (Å²) < 4.78 is 5.98. The summed E-state index contributed by atoms with van der Waals surface area (Å²) in [6.07, 6.45) is 1.84. The third-order valence-electron chi connectivity index (χ3n) is 5.13. The maximum Gasteiger partial charge on any atom is 0.255 e. The number of amides is 1. The second-order valence-corrected chi connectivity index (χ2v) is 6.94. The van der Waals surface area contributed by atoms with E-state index in [0.717, 1.165) is 28.9 Å². The lowest BCUT2D eigenvalue weighted by Gasteiger charge is -2.30. The van der Waals surface area contributed by atoms with Crippen LogP contribution in [0.15, 0.2) is 60.7 Å². The first-order valence-corrected chi connectivity index (χ1v) is 8.92. The number of ketones is 1. The van der Waals surface area contributed by atoms with Crippen LogP contribution >= 0.6 is 0 Å². The summed E-state index contributed by atoms with van der Waals surface area (Å²) in [5.41, 5.74) is 3.56. The summed E-state index contributed by atoms with van der Waals surface area (Å²) in [6.45, 7) is 4.79. The fourth-order valence-corrected chi connectivity index (χ4v) is 3.73. The number of nitrogens with zero attached hydrogens (tertiary/aromatic N) is 1. The molecule has 0 aromatic heterocycles. The second-order valence-electron chi connectivity index (χ2n) is 6.94. The van der Waals surface area contributed by atoms with Gasteiger partial charge in [0.1, 0.15) is 12.4 Å². The monoisotopic (exact) mass is 347 g/mol. The lowest BCUT2D eigenvalue weighted by molar-refractivity contribution is -0.124. The summed E-state index contributed by atoms with van der Waals surface area (Å²) in [5.74, 6) is 0.736. The quantitative estimate of drug-likeness (QED) is 0.788. The van der Waals surface area contributed by atoms with E-state index in [1.807, 2.05) is 48.5 Å². The van der Waals surface area contributed by atoms with Gasteiger partial charge in [0.25, 0.3) is 5.91 Å². The first-order valence-electron chi connectivity index (χ1n) is 8.92. The zero-order valence-corrected chi connectivity index (χ0v) is 14.6. The van der Waals surface area contributed by atoms with Crippen molar-refractivity contribution in [2.75, 3.05) is 0 Å². The van der Waals surface area contributed by atoms with Gasteiger partial charge in [-0.05, 0) is 30.5 Å². The van der Waals surface area contributed by atoms with Crippen molar-refractivity contribution in [3.8, 4) is 5.75 Å². The predicted octanol–water partition coefficient (Wildman–Crippen LogP) is 3.90. The minimum Gasteiger partial charge on any atom is -0.489 e. The lowest BCUT2D eigenvalue weighted by atomic mass is 9.90. The van der Waals surface area contributed by atoms with E-state index < -0.39 is 0 Å². The number of hydrogen-bond acceptors (Lipinski definition) is 3. The Kier molecular flexibility index (Phi) is 4.33. The normalized spacial score (nSPS) is 19.6. The molecule has 132 valence electrons. The Morgan fingerprint density at radius 3 is 2.65 bits per heavy atom. The van der Waals surface area contributed by atoms with Crippen molar-refractivity contribution in [3.05, 3.63) is 77.4 Å². The molecular weight excluding hydrogens is 326 g/mol. The minimum atomic E-state index is -0.345. The van der Waals surface area contributed by atoms with Crippen LogP contribution in [0.25, 0.3) is 0 Å². The SMILES string of the molecule is C=C1CCC(N2Cc3c(OCc4ccccc4)cccc3C2=O)C(=O)C1. The number of carbonyl (C=O) groups is 2. The summed E-state index contributed by atoms with van der Waals surface area (Å²) in [4.78, 5) is 26.9. The van der Waals surface area contributed by atoms with E-state index in [1.165, 1.54) is 0 Å². The van der Waals surface area contributed by atoms with Gasteiger partial charge in [0.2, 0.25) is 0 Å². The molecular formula is C22H21NO3. The van der Waals surface area contributed by atoms with Gasteiger partial charge in [-0.25, -0.2) is 0 Å². The van der Waals surface area contributed by atoms with Crippen molar-refractivity contribution in [3.63, 3.8) is 0 Å². The number of Topliss-reactive ketones (excluding diaryl/α,β-unsaturated/α-hetero) is 1. The van der Waals surface area contributed by atoms with E-state index in [-0.39, 0.29) is 17.7 Å². The van der Waals surface area contributed by atoms with Crippen LogP contribution in [0.2, 0.25) is 0 Å². The van der Waals surface area contributed by atoms with Gasteiger partial charge >= 0.3 is 0 Å². The Hall–Kier alpha value is -2.88. The van der Waals surface area contributed by atoms with Crippen LogP contribution in [-0.4, -0.2) is 22.6 Å². The maximum absolute atomic E-state index is 12.8. The van der Waals surface area contributed by atoms with Crippen molar-refractivity contribution in [1.29, 1.82) is 0 Å². The van der Waals surface area contributed by atoms with Crippen LogP contribution in [0.1, 0.15) is 40.7 Å². The first-order chi connectivity index (χ1) is 12.6. The van der Waals surface area contributed by atoms with Crippen molar-refractivity contribution in [2.45, 2.75) is 38.5 Å². The summed E-state index contributed by atoms with van der Waals surface area (Å²) in [7, 11) is 0. The molecule has 0 saturated heterocycles. The second kappa shape index (κ2) is 6.79. The molecule has 1 heterocycles. The van der Waals surface area contributed by atoms with E-state index in [1.54, 1.807) is 4.90 Å². The number of rotatable bonds is 4. The first kappa shape index (κ1) is 16.6. The van der Waals surface area contributed by atoms with Crippen LogP contribution in [0.4, 0.5) is 0 Å². The van der Waals surface area contributed by atoms with Gasteiger partial charge in [-0.3, -0.25) is 9.59 Å². The summed E-state index contributed by atoms with van der Waals surface area (Å²) in [5, 5.41) is 0. The number of allylic oxidation sites excluding steroid dienone is 1. The van der Waals surface area contributed by atoms with E-state index in [4.69, 9.17) is 4.74 Å². The van der Waals surface area contributed by atoms with Crippen molar-refractivity contribution >= 4 is 11.7 Å². The smallest absolute Gasteiger partial charge is 0.255 e. The van der Waals surface area contributed by atoms with Crippen LogP contribution in [0.5, 0.6) is 5.75 Å². The van der Waals surface area contributed by atoms with Crippen molar-refractivity contribution in [2.24, 2.45) is 0 Å². The molecule has 1 unspecified atom stereocenters. The number of hydrogen-bond donors (Lipinski definition) is 0. The van der Waals surface area contributed by atoms with Gasteiger partial charge < -0.3 is 9.64 Å². The lowest BCUT2D eigenvalue weighted by Crippen LogP contribution is -2.43. The molecule has 2 aromatic rings. The highest BCUT2D eigenvalue weighted by atomic mass is 16.5. The molecule has 1 aliphatic heterocycles. The standard InChI is InChI=1S/C22H21NO3/c1-15-10-11-19(20(24)12-15)23-13-18-17(22(23)25)8-5-9-21(18)26-14-16-6-3-2-4-7-16/h2-9,19H,1,10-14H2. The molecule has 1 amide bonds. The summed E-state index contributed by atoms with van der Waals surface area (Å²) >= 11 is 0. The Labute approximate surface area is 153 Å². The average Bonchev–Trinajstić information content (AvgIpc) is 2.98. The molecule has 1 saturated carbocycles. The van der Waals surface area contributed by atoms with Crippen LogP contribution in [0, 0.1) is 0 Å². The molecule has 4 heteroatoms.